The van der Waals surface area contributed by atoms with Crippen molar-refractivity contribution in [2.75, 3.05) is 0 Å². The SMILES string of the molecule is C=C1/C(=C\C=C2/CCC[C@]3(C)[C@@H]([C@@H](C)[C@@H](C)CCC(C)(C)O)CC[C@@H]23)C[C@@H](O)C[C@@H]1O. The Balaban J connectivity index is 1.74. The van der Waals surface area contributed by atoms with Gasteiger partial charge in [-0.05, 0) is 105 Å². The van der Waals surface area contributed by atoms with E-state index in [1.165, 1.54) is 25.7 Å². The first kappa shape index (κ1) is 24.7. The van der Waals surface area contributed by atoms with Gasteiger partial charge in [0.15, 0.2) is 0 Å². The Hall–Kier alpha value is -0.900. The first-order chi connectivity index (χ1) is 14.4. The molecule has 3 nitrogen and oxygen atoms in total. The standard InChI is InChI=1S/C28H46O3/c1-18(13-15-27(4,5)31)19(2)24-11-12-25-21(8-7-14-28(24,25)6)9-10-22-16-23(29)17-26(30)20(22)3/h9-10,18-19,23-26,29-31H,3,7-8,11-17H2,1-2,4-6H3/b21-9+,22-10-/t18-,19-,23+,24+,25-,26-,28+/m0/s1. The first-order valence-corrected chi connectivity index (χ1v) is 12.6. The van der Waals surface area contributed by atoms with E-state index >= 15 is 0 Å². The zero-order chi connectivity index (χ0) is 23.0. The Morgan fingerprint density at radius 1 is 1.19 bits per heavy atom. The van der Waals surface area contributed by atoms with Crippen molar-refractivity contribution in [3.63, 3.8) is 0 Å². The Morgan fingerprint density at radius 3 is 2.58 bits per heavy atom. The highest BCUT2D eigenvalue weighted by Gasteiger charge is 2.51. The van der Waals surface area contributed by atoms with Crippen LogP contribution in [0.3, 0.4) is 0 Å². The number of aliphatic hydroxyl groups excluding tert-OH is 2. The van der Waals surface area contributed by atoms with Crippen LogP contribution in [0, 0.1) is 29.1 Å². The van der Waals surface area contributed by atoms with Crippen LogP contribution in [0.5, 0.6) is 0 Å². The fourth-order valence-electron chi connectivity index (χ4n) is 6.85. The van der Waals surface area contributed by atoms with Crippen molar-refractivity contribution in [1.29, 1.82) is 0 Å². The summed E-state index contributed by atoms with van der Waals surface area (Å²) in [5.41, 5.74) is 3.12. The summed E-state index contributed by atoms with van der Waals surface area (Å²) in [6, 6.07) is 0. The van der Waals surface area contributed by atoms with E-state index < -0.39 is 17.8 Å². The molecule has 3 saturated carbocycles. The van der Waals surface area contributed by atoms with Gasteiger partial charge in [0.2, 0.25) is 0 Å². The molecule has 0 amide bonds. The maximum absolute atomic E-state index is 10.2. The topological polar surface area (TPSA) is 60.7 Å². The summed E-state index contributed by atoms with van der Waals surface area (Å²) in [5.74, 6) is 2.66. The van der Waals surface area contributed by atoms with Gasteiger partial charge in [-0.25, -0.2) is 0 Å². The lowest BCUT2D eigenvalue weighted by Gasteiger charge is -2.45. The van der Waals surface area contributed by atoms with E-state index in [1.807, 2.05) is 13.8 Å². The fourth-order valence-corrected chi connectivity index (χ4v) is 6.85. The zero-order valence-corrected chi connectivity index (χ0v) is 20.5. The van der Waals surface area contributed by atoms with E-state index in [0.29, 0.717) is 36.0 Å². The van der Waals surface area contributed by atoms with Crippen LogP contribution in [0.1, 0.15) is 92.4 Å². The van der Waals surface area contributed by atoms with Gasteiger partial charge in [-0.3, -0.25) is 0 Å². The Bertz CT molecular complexity index is 712. The van der Waals surface area contributed by atoms with Crippen LogP contribution in [-0.4, -0.2) is 33.1 Å². The molecule has 0 saturated heterocycles. The molecule has 7 atom stereocenters. The third-order valence-electron chi connectivity index (χ3n) is 9.05. The number of rotatable bonds is 6. The molecule has 0 aromatic heterocycles. The molecule has 3 rings (SSSR count). The molecule has 3 aliphatic carbocycles. The van der Waals surface area contributed by atoms with E-state index in [0.717, 1.165) is 36.3 Å². The number of hydrogen-bond acceptors (Lipinski definition) is 3. The predicted octanol–water partition coefficient (Wildman–Crippen LogP) is 5.95. The third-order valence-corrected chi connectivity index (χ3v) is 9.05. The molecule has 176 valence electrons. The van der Waals surface area contributed by atoms with E-state index in [9.17, 15) is 15.3 Å². The quantitative estimate of drug-likeness (QED) is 0.488. The fraction of sp³-hybridized carbons (Fsp3) is 0.786. The van der Waals surface area contributed by atoms with Crippen molar-refractivity contribution in [1.82, 2.24) is 0 Å². The Labute approximate surface area is 190 Å². The average molecular weight is 431 g/mol. The second-order valence-corrected chi connectivity index (χ2v) is 11.9. The summed E-state index contributed by atoms with van der Waals surface area (Å²) in [7, 11) is 0. The monoisotopic (exact) mass is 430 g/mol. The predicted molar refractivity (Wildman–Crippen MR) is 129 cm³/mol. The lowest BCUT2D eigenvalue weighted by molar-refractivity contribution is 0.0447. The summed E-state index contributed by atoms with van der Waals surface area (Å²) in [6.45, 7) is 15.3. The number of hydrogen-bond donors (Lipinski definition) is 3. The lowest BCUT2D eigenvalue weighted by Crippen LogP contribution is -2.37. The Morgan fingerprint density at radius 2 is 1.90 bits per heavy atom. The molecule has 0 radical (unpaired) electrons. The van der Waals surface area contributed by atoms with E-state index in [1.54, 1.807) is 5.57 Å². The summed E-state index contributed by atoms with van der Waals surface area (Å²) in [6.07, 6.45) is 12.6. The molecular formula is C28H46O3. The molecule has 0 unspecified atom stereocenters. The van der Waals surface area contributed by atoms with Crippen LogP contribution in [0.15, 0.2) is 35.5 Å². The van der Waals surface area contributed by atoms with Crippen molar-refractivity contribution in [2.45, 2.75) is 110 Å². The van der Waals surface area contributed by atoms with E-state index in [4.69, 9.17) is 0 Å². The number of aliphatic hydroxyl groups is 3. The highest BCUT2D eigenvalue weighted by molar-refractivity contribution is 5.38. The van der Waals surface area contributed by atoms with Gasteiger partial charge < -0.3 is 15.3 Å². The molecule has 31 heavy (non-hydrogen) atoms. The minimum atomic E-state index is -0.618. The van der Waals surface area contributed by atoms with Crippen LogP contribution in [0.25, 0.3) is 0 Å². The molecule has 3 N–H and O–H groups in total. The van der Waals surface area contributed by atoms with Gasteiger partial charge in [-0.2, -0.15) is 0 Å². The third kappa shape index (κ3) is 5.54. The van der Waals surface area contributed by atoms with Crippen molar-refractivity contribution in [2.24, 2.45) is 29.1 Å². The minimum absolute atomic E-state index is 0.355. The van der Waals surface area contributed by atoms with Gasteiger partial charge in [0, 0.05) is 6.42 Å². The van der Waals surface area contributed by atoms with Gasteiger partial charge >= 0.3 is 0 Å². The molecule has 0 bridgehead atoms. The van der Waals surface area contributed by atoms with Gasteiger partial charge in [0.25, 0.3) is 0 Å². The minimum Gasteiger partial charge on any atom is -0.393 e. The Kier molecular flexibility index (Phi) is 7.61. The first-order valence-electron chi connectivity index (χ1n) is 12.6. The average Bonchev–Trinajstić information content (AvgIpc) is 3.04. The van der Waals surface area contributed by atoms with E-state index in [2.05, 4.69) is 39.5 Å². The molecule has 3 heteroatoms. The normalized spacial score (nSPS) is 39.0. The smallest absolute Gasteiger partial charge is 0.0811 e. The van der Waals surface area contributed by atoms with Crippen LogP contribution in [-0.2, 0) is 0 Å². The highest BCUT2D eigenvalue weighted by Crippen LogP contribution is 2.60. The molecule has 3 aliphatic rings. The van der Waals surface area contributed by atoms with Crippen molar-refractivity contribution < 1.29 is 15.3 Å². The molecule has 0 aliphatic heterocycles. The summed E-state index contributed by atoms with van der Waals surface area (Å²) in [4.78, 5) is 0. The molecular weight excluding hydrogens is 384 g/mol. The lowest BCUT2D eigenvalue weighted by atomic mass is 9.59. The van der Waals surface area contributed by atoms with Crippen molar-refractivity contribution in [3.05, 3.63) is 35.5 Å². The maximum Gasteiger partial charge on any atom is 0.0811 e. The summed E-state index contributed by atoms with van der Waals surface area (Å²) < 4.78 is 0. The van der Waals surface area contributed by atoms with Gasteiger partial charge in [-0.1, -0.05) is 45.1 Å². The van der Waals surface area contributed by atoms with Crippen LogP contribution in [0.4, 0.5) is 0 Å². The molecule has 3 fully saturated rings. The largest absolute Gasteiger partial charge is 0.393 e. The second kappa shape index (κ2) is 9.53. The summed E-state index contributed by atoms with van der Waals surface area (Å²) >= 11 is 0. The molecule has 0 aromatic rings. The van der Waals surface area contributed by atoms with Gasteiger partial charge in [0.1, 0.15) is 0 Å². The molecule has 0 aromatic carbocycles. The molecule has 0 heterocycles. The summed E-state index contributed by atoms with van der Waals surface area (Å²) in [5, 5.41) is 30.4. The van der Waals surface area contributed by atoms with Crippen molar-refractivity contribution >= 4 is 0 Å². The maximum atomic E-state index is 10.2. The van der Waals surface area contributed by atoms with Gasteiger partial charge in [-0.15, -0.1) is 0 Å². The highest BCUT2D eigenvalue weighted by atomic mass is 16.3. The number of fused-ring (bicyclic) bond motifs is 1. The van der Waals surface area contributed by atoms with Gasteiger partial charge in [0.05, 0.1) is 17.8 Å². The molecule has 0 spiro atoms. The zero-order valence-electron chi connectivity index (χ0n) is 20.5. The van der Waals surface area contributed by atoms with E-state index in [-0.39, 0.29) is 0 Å². The van der Waals surface area contributed by atoms with Crippen LogP contribution >= 0.6 is 0 Å². The van der Waals surface area contributed by atoms with Crippen LogP contribution in [0.2, 0.25) is 0 Å². The number of allylic oxidation sites excluding steroid dienone is 3. The van der Waals surface area contributed by atoms with Crippen LogP contribution < -0.4 is 0 Å². The van der Waals surface area contributed by atoms with Crippen molar-refractivity contribution in [3.8, 4) is 0 Å². The second-order valence-electron chi connectivity index (χ2n) is 11.9.